The molecule has 0 amide bonds. The molecule has 0 aromatic heterocycles. The third kappa shape index (κ3) is 3.60. The highest BCUT2D eigenvalue weighted by molar-refractivity contribution is 6.83. The van der Waals surface area contributed by atoms with Crippen molar-refractivity contribution in [3.8, 4) is 11.5 Å². The molecule has 0 atom stereocenters. The van der Waals surface area contributed by atoms with E-state index in [9.17, 15) is 4.79 Å². The summed E-state index contributed by atoms with van der Waals surface area (Å²) in [6.07, 6.45) is 0. The number of rotatable bonds is 1. The van der Waals surface area contributed by atoms with Crippen LogP contribution in [0.2, 0.25) is 19.6 Å². The number of aromatic carboxylic acids is 1. The maximum atomic E-state index is 10.9. The molecule has 1 N–H and O–H groups in total. The van der Waals surface area contributed by atoms with Crippen molar-refractivity contribution in [2.24, 2.45) is 0 Å². The molecule has 0 aliphatic rings. The highest BCUT2D eigenvalue weighted by atomic mass is 28.3. The van der Waals surface area contributed by atoms with Crippen LogP contribution >= 0.6 is 0 Å². The van der Waals surface area contributed by atoms with Gasteiger partial charge in [-0.1, -0.05) is 37.7 Å². The Morgan fingerprint density at radius 2 is 1.87 bits per heavy atom. The summed E-state index contributed by atoms with van der Waals surface area (Å²) in [7, 11) is -1.45. The number of carboxylic acid groups (broad SMARTS) is 1. The smallest absolute Gasteiger partial charge is 0.336 e. The standard InChI is InChI=1S/C12H14O2Si/c1-15(2,3)9-8-10-6-4-5-7-11(10)12(13)14/h4-7H,1-3H3,(H,13,14). The maximum absolute atomic E-state index is 10.9. The van der Waals surface area contributed by atoms with E-state index in [-0.39, 0.29) is 5.56 Å². The summed E-state index contributed by atoms with van der Waals surface area (Å²) in [5.74, 6) is 2.04. The summed E-state index contributed by atoms with van der Waals surface area (Å²) in [6.45, 7) is 6.39. The van der Waals surface area contributed by atoms with Gasteiger partial charge in [0.25, 0.3) is 0 Å². The molecule has 1 aromatic rings. The van der Waals surface area contributed by atoms with Gasteiger partial charge in [-0.2, -0.15) is 0 Å². The first-order valence-corrected chi connectivity index (χ1v) is 8.26. The minimum Gasteiger partial charge on any atom is -0.478 e. The van der Waals surface area contributed by atoms with Gasteiger partial charge in [0.05, 0.1) is 5.56 Å². The lowest BCUT2D eigenvalue weighted by atomic mass is 10.1. The molecule has 15 heavy (non-hydrogen) atoms. The zero-order valence-corrected chi connectivity index (χ0v) is 10.2. The van der Waals surface area contributed by atoms with E-state index >= 15 is 0 Å². The Hall–Kier alpha value is -1.53. The van der Waals surface area contributed by atoms with Crippen LogP contribution in [0.3, 0.4) is 0 Å². The monoisotopic (exact) mass is 218 g/mol. The van der Waals surface area contributed by atoms with Crippen LogP contribution in [0.5, 0.6) is 0 Å². The van der Waals surface area contributed by atoms with Crippen molar-refractivity contribution < 1.29 is 9.90 Å². The largest absolute Gasteiger partial charge is 0.478 e. The predicted octanol–water partition coefficient (Wildman–Crippen LogP) is 2.61. The molecule has 1 aromatic carbocycles. The molecular formula is C12H14O2Si. The van der Waals surface area contributed by atoms with E-state index in [0.717, 1.165) is 0 Å². The molecule has 2 nitrogen and oxygen atoms in total. The SMILES string of the molecule is C[Si](C)(C)C#Cc1ccccc1C(=O)O. The van der Waals surface area contributed by atoms with Crippen molar-refractivity contribution in [2.45, 2.75) is 19.6 Å². The molecule has 0 fully saturated rings. The second-order valence-corrected chi connectivity index (χ2v) is 9.10. The highest BCUT2D eigenvalue weighted by Gasteiger charge is 2.10. The Morgan fingerprint density at radius 3 is 2.40 bits per heavy atom. The van der Waals surface area contributed by atoms with Crippen LogP contribution < -0.4 is 0 Å². The molecule has 0 saturated heterocycles. The second kappa shape index (κ2) is 4.33. The van der Waals surface area contributed by atoms with Gasteiger partial charge in [-0.25, -0.2) is 4.79 Å². The van der Waals surface area contributed by atoms with Crippen LogP contribution in [0.1, 0.15) is 15.9 Å². The lowest BCUT2D eigenvalue weighted by Crippen LogP contribution is -2.16. The molecule has 0 heterocycles. The van der Waals surface area contributed by atoms with E-state index in [1.54, 1.807) is 24.3 Å². The average molecular weight is 218 g/mol. The van der Waals surface area contributed by atoms with Crippen LogP contribution in [0.15, 0.2) is 24.3 Å². The van der Waals surface area contributed by atoms with E-state index in [4.69, 9.17) is 5.11 Å². The molecule has 1 rings (SSSR count). The predicted molar refractivity (Wildman–Crippen MR) is 63.6 cm³/mol. The second-order valence-electron chi connectivity index (χ2n) is 4.35. The number of hydrogen-bond acceptors (Lipinski definition) is 1. The van der Waals surface area contributed by atoms with Crippen molar-refractivity contribution in [3.63, 3.8) is 0 Å². The van der Waals surface area contributed by atoms with Gasteiger partial charge in [-0.15, -0.1) is 5.54 Å². The molecule has 0 unspecified atom stereocenters. The van der Waals surface area contributed by atoms with Gasteiger partial charge in [0.2, 0.25) is 0 Å². The van der Waals surface area contributed by atoms with E-state index in [1.807, 2.05) is 0 Å². The summed E-state index contributed by atoms with van der Waals surface area (Å²) >= 11 is 0. The third-order valence-electron chi connectivity index (χ3n) is 1.73. The van der Waals surface area contributed by atoms with E-state index in [1.165, 1.54) is 0 Å². The van der Waals surface area contributed by atoms with Crippen molar-refractivity contribution in [1.82, 2.24) is 0 Å². The van der Waals surface area contributed by atoms with Crippen molar-refractivity contribution in [1.29, 1.82) is 0 Å². The van der Waals surface area contributed by atoms with Crippen LogP contribution in [-0.2, 0) is 0 Å². The van der Waals surface area contributed by atoms with Gasteiger partial charge in [0.1, 0.15) is 8.07 Å². The van der Waals surface area contributed by atoms with Crippen molar-refractivity contribution >= 4 is 14.0 Å². The Bertz CT molecular complexity index is 433. The van der Waals surface area contributed by atoms with E-state index in [2.05, 4.69) is 31.1 Å². The van der Waals surface area contributed by atoms with Crippen LogP contribution in [0.4, 0.5) is 0 Å². The fourth-order valence-corrected chi connectivity index (χ4v) is 1.54. The summed E-state index contributed by atoms with van der Waals surface area (Å²) in [5, 5.41) is 8.94. The first-order chi connectivity index (χ1) is 6.90. The van der Waals surface area contributed by atoms with Gasteiger partial charge >= 0.3 is 5.97 Å². The minimum atomic E-state index is -1.45. The Morgan fingerprint density at radius 1 is 1.27 bits per heavy atom. The Labute approximate surface area is 91.0 Å². The van der Waals surface area contributed by atoms with Crippen molar-refractivity contribution in [2.75, 3.05) is 0 Å². The van der Waals surface area contributed by atoms with Crippen LogP contribution in [0.25, 0.3) is 0 Å². The molecule has 0 radical (unpaired) electrons. The number of benzene rings is 1. The van der Waals surface area contributed by atoms with Crippen LogP contribution in [0, 0.1) is 11.5 Å². The summed E-state index contributed by atoms with van der Waals surface area (Å²) in [6, 6.07) is 6.84. The topological polar surface area (TPSA) is 37.3 Å². The van der Waals surface area contributed by atoms with Gasteiger partial charge in [-0.3, -0.25) is 0 Å². The Balaban J connectivity index is 3.14. The Kier molecular flexibility index (Phi) is 3.33. The zero-order valence-electron chi connectivity index (χ0n) is 9.16. The molecule has 0 aliphatic carbocycles. The van der Waals surface area contributed by atoms with E-state index in [0.29, 0.717) is 5.56 Å². The fraction of sp³-hybridized carbons (Fsp3) is 0.250. The molecule has 0 bridgehead atoms. The lowest BCUT2D eigenvalue weighted by Gasteiger charge is -2.04. The molecule has 0 saturated carbocycles. The molecule has 3 heteroatoms. The van der Waals surface area contributed by atoms with Crippen LogP contribution in [-0.4, -0.2) is 19.1 Å². The average Bonchev–Trinajstić information content (AvgIpc) is 2.14. The van der Waals surface area contributed by atoms with Gasteiger partial charge in [0, 0.05) is 5.56 Å². The fourth-order valence-electron chi connectivity index (χ4n) is 1.03. The summed E-state index contributed by atoms with van der Waals surface area (Å²) in [5.41, 5.74) is 4.04. The van der Waals surface area contributed by atoms with E-state index < -0.39 is 14.0 Å². The quantitative estimate of drug-likeness (QED) is 0.581. The summed E-state index contributed by atoms with van der Waals surface area (Å²) < 4.78 is 0. The number of carbonyl (C=O) groups is 1. The maximum Gasteiger partial charge on any atom is 0.336 e. The lowest BCUT2D eigenvalue weighted by molar-refractivity contribution is 0.0696. The number of carboxylic acids is 1. The third-order valence-corrected chi connectivity index (χ3v) is 2.60. The molecule has 78 valence electrons. The zero-order chi connectivity index (χ0) is 11.5. The molecule has 0 spiro atoms. The first-order valence-electron chi connectivity index (χ1n) is 4.76. The molecule has 0 aliphatic heterocycles. The van der Waals surface area contributed by atoms with Gasteiger partial charge < -0.3 is 5.11 Å². The normalized spacial score (nSPS) is 10.3. The summed E-state index contributed by atoms with van der Waals surface area (Å²) in [4.78, 5) is 10.9. The first kappa shape index (κ1) is 11.5. The highest BCUT2D eigenvalue weighted by Crippen LogP contribution is 2.07. The number of hydrogen-bond donors (Lipinski definition) is 1. The van der Waals surface area contributed by atoms with Gasteiger partial charge in [-0.05, 0) is 12.1 Å². The van der Waals surface area contributed by atoms with Crippen molar-refractivity contribution in [3.05, 3.63) is 35.4 Å². The molecular weight excluding hydrogens is 204 g/mol. The minimum absolute atomic E-state index is 0.281. The van der Waals surface area contributed by atoms with Gasteiger partial charge in [0.15, 0.2) is 0 Å².